The zero-order valence-electron chi connectivity index (χ0n) is 12.9. The molecule has 0 aromatic heterocycles. The van der Waals surface area contributed by atoms with Crippen LogP contribution in [0.2, 0.25) is 0 Å². The van der Waals surface area contributed by atoms with Gasteiger partial charge in [0.1, 0.15) is 0 Å². The lowest BCUT2D eigenvalue weighted by molar-refractivity contribution is -0.0794. The Morgan fingerprint density at radius 2 is 1.72 bits per heavy atom. The van der Waals surface area contributed by atoms with E-state index in [1.807, 2.05) is 0 Å². The summed E-state index contributed by atoms with van der Waals surface area (Å²) in [4.78, 5) is 2.60. The molecule has 2 aliphatic rings. The smallest absolute Gasteiger partial charge is 0.0788 e. The van der Waals surface area contributed by atoms with Crippen LogP contribution in [0.5, 0.6) is 0 Å². The summed E-state index contributed by atoms with van der Waals surface area (Å²) in [5.74, 6) is 0.407. The molecule has 2 fully saturated rings. The van der Waals surface area contributed by atoms with Crippen LogP contribution < -0.4 is 5.73 Å². The van der Waals surface area contributed by atoms with Crippen LogP contribution in [0, 0.1) is 5.92 Å². The molecule has 0 aromatic carbocycles. The number of rotatable bonds is 2. The predicted octanol–water partition coefficient (Wildman–Crippen LogP) is 2.39. The highest BCUT2D eigenvalue weighted by molar-refractivity contribution is 5.06. The van der Waals surface area contributed by atoms with Gasteiger partial charge in [-0.2, -0.15) is 0 Å². The molecule has 2 atom stereocenters. The summed E-state index contributed by atoms with van der Waals surface area (Å²) in [6.45, 7) is 15.6. The van der Waals surface area contributed by atoms with Crippen LogP contribution in [-0.4, -0.2) is 40.8 Å². The number of hydrogen-bond donors (Lipinski definition) is 1. The molecule has 3 nitrogen and oxygen atoms in total. The monoisotopic (exact) mass is 254 g/mol. The first kappa shape index (κ1) is 14.3. The van der Waals surface area contributed by atoms with Gasteiger partial charge in [0.2, 0.25) is 0 Å². The zero-order chi connectivity index (χ0) is 13.8. The quantitative estimate of drug-likeness (QED) is 0.822. The van der Waals surface area contributed by atoms with Crippen LogP contribution >= 0.6 is 0 Å². The molecule has 0 amide bonds. The molecular formula is C15H30N2O. The molecular weight excluding hydrogens is 224 g/mol. The van der Waals surface area contributed by atoms with Gasteiger partial charge in [-0.15, -0.1) is 0 Å². The third-order valence-corrected chi connectivity index (χ3v) is 5.15. The molecule has 2 N–H and O–H groups in total. The number of nitrogens with zero attached hydrogens (tertiary/aromatic N) is 1. The Balaban J connectivity index is 2.13. The molecule has 0 spiro atoms. The van der Waals surface area contributed by atoms with Gasteiger partial charge in [0.15, 0.2) is 0 Å². The van der Waals surface area contributed by atoms with Crippen molar-refractivity contribution in [2.45, 2.75) is 77.2 Å². The van der Waals surface area contributed by atoms with E-state index in [0.29, 0.717) is 11.5 Å². The van der Waals surface area contributed by atoms with Crippen molar-refractivity contribution < 1.29 is 4.74 Å². The van der Waals surface area contributed by atoms with Crippen molar-refractivity contribution in [3.8, 4) is 0 Å². The number of hydrogen-bond acceptors (Lipinski definition) is 3. The van der Waals surface area contributed by atoms with Crippen LogP contribution in [0.15, 0.2) is 0 Å². The largest absolute Gasteiger partial charge is 0.368 e. The fourth-order valence-electron chi connectivity index (χ4n) is 3.81. The molecule has 2 rings (SSSR count). The van der Waals surface area contributed by atoms with Crippen molar-refractivity contribution in [1.29, 1.82) is 0 Å². The molecule has 0 aliphatic carbocycles. The Kier molecular flexibility index (Phi) is 3.33. The van der Waals surface area contributed by atoms with Crippen LogP contribution in [0.3, 0.4) is 0 Å². The highest BCUT2D eigenvalue weighted by Crippen LogP contribution is 2.43. The lowest BCUT2D eigenvalue weighted by Gasteiger charge is -2.37. The number of likely N-dealkylation sites (tertiary alicyclic amines) is 1. The maximum Gasteiger partial charge on any atom is 0.0788 e. The fourth-order valence-corrected chi connectivity index (χ4v) is 3.81. The minimum absolute atomic E-state index is 0.115. The zero-order valence-corrected chi connectivity index (χ0v) is 12.9. The molecule has 2 unspecified atom stereocenters. The Labute approximate surface area is 112 Å². The van der Waals surface area contributed by atoms with Gasteiger partial charge in [0, 0.05) is 24.0 Å². The molecule has 2 aliphatic heterocycles. The number of nitrogens with two attached hydrogens (primary N) is 1. The highest BCUT2D eigenvalue weighted by Gasteiger charge is 2.53. The van der Waals surface area contributed by atoms with E-state index in [1.54, 1.807) is 0 Å². The third kappa shape index (κ3) is 2.33. The van der Waals surface area contributed by atoms with Gasteiger partial charge in [0.05, 0.1) is 11.2 Å². The van der Waals surface area contributed by atoms with E-state index in [2.05, 4.69) is 46.4 Å². The maximum atomic E-state index is 6.45. The van der Waals surface area contributed by atoms with E-state index in [4.69, 9.17) is 10.5 Å². The predicted molar refractivity (Wildman–Crippen MR) is 75.6 cm³/mol. The highest BCUT2D eigenvalue weighted by atomic mass is 16.5. The topological polar surface area (TPSA) is 38.5 Å². The Morgan fingerprint density at radius 3 is 2.11 bits per heavy atom. The minimum atomic E-state index is -0.210. The second-order valence-electron chi connectivity index (χ2n) is 7.80. The summed E-state index contributed by atoms with van der Waals surface area (Å²) in [7, 11) is 0. The molecule has 106 valence electrons. The van der Waals surface area contributed by atoms with E-state index >= 15 is 0 Å². The van der Waals surface area contributed by atoms with Crippen molar-refractivity contribution in [3.05, 3.63) is 0 Å². The number of ether oxygens (including phenoxy) is 1. The van der Waals surface area contributed by atoms with Crippen LogP contribution in [-0.2, 0) is 4.74 Å². The molecule has 0 aromatic rings. The third-order valence-electron chi connectivity index (χ3n) is 5.15. The van der Waals surface area contributed by atoms with Crippen LogP contribution in [0.25, 0.3) is 0 Å². The summed E-state index contributed by atoms with van der Waals surface area (Å²) in [6, 6.07) is 0.115. The van der Waals surface area contributed by atoms with Crippen molar-refractivity contribution in [2.75, 3.05) is 13.1 Å². The second-order valence-corrected chi connectivity index (χ2v) is 7.80. The Hall–Kier alpha value is -0.120. The van der Waals surface area contributed by atoms with Crippen LogP contribution in [0.4, 0.5) is 0 Å². The molecule has 18 heavy (non-hydrogen) atoms. The molecule has 0 radical (unpaired) electrons. The first-order chi connectivity index (χ1) is 8.06. The van der Waals surface area contributed by atoms with Crippen molar-refractivity contribution in [2.24, 2.45) is 11.7 Å². The van der Waals surface area contributed by atoms with E-state index in [0.717, 1.165) is 6.54 Å². The lowest BCUT2D eigenvalue weighted by Crippen LogP contribution is -2.51. The van der Waals surface area contributed by atoms with Gasteiger partial charge in [-0.1, -0.05) is 0 Å². The van der Waals surface area contributed by atoms with Gasteiger partial charge in [-0.3, -0.25) is 4.90 Å². The first-order valence-electron chi connectivity index (χ1n) is 7.27. The van der Waals surface area contributed by atoms with E-state index in [-0.39, 0.29) is 17.2 Å². The average molecular weight is 254 g/mol. The first-order valence-corrected chi connectivity index (χ1v) is 7.27. The van der Waals surface area contributed by atoms with Gasteiger partial charge in [0.25, 0.3) is 0 Å². The maximum absolute atomic E-state index is 6.45. The summed E-state index contributed by atoms with van der Waals surface area (Å²) in [5.41, 5.74) is 6.44. The lowest BCUT2D eigenvalue weighted by atomic mass is 9.82. The standard InChI is InChI=1S/C15H30N2O/c1-13(2)8-7-9-17(13)10-11-12(16)15(5,6)18-14(11,3)4/h11-12H,7-10,16H2,1-6H3. The summed E-state index contributed by atoms with van der Waals surface area (Å²) in [6.07, 6.45) is 2.60. The molecule has 2 heterocycles. The summed E-state index contributed by atoms with van der Waals surface area (Å²) < 4.78 is 6.19. The molecule has 2 saturated heterocycles. The Bertz CT molecular complexity index is 322. The second kappa shape index (κ2) is 4.19. The summed E-state index contributed by atoms with van der Waals surface area (Å²) in [5, 5.41) is 0. The van der Waals surface area contributed by atoms with Crippen LogP contribution in [0.1, 0.15) is 54.4 Å². The fraction of sp³-hybridized carbons (Fsp3) is 1.00. The van der Waals surface area contributed by atoms with Crippen molar-refractivity contribution in [3.63, 3.8) is 0 Å². The van der Waals surface area contributed by atoms with E-state index < -0.39 is 0 Å². The SMILES string of the molecule is CC1(C)OC(C)(C)C(CN2CCCC2(C)C)C1N. The molecule has 3 heteroatoms. The van der Waals surface area contributed by atoms with Crippen molar-refractivity contribution in [1.82, 2.24) is 4.90 Å². The van der Waals surface area contributed by atoms with Gasteiger partial charge in [-0.25, -0.2) is 0 Å². The normalized spacial score (nSPS) is 38.2. The molecule has 0 bridgehead atoms. The van der Waals surface area contributed by atoms with Gasteiger partial charge in [-0.05, 0) is 60.9 Å². The van der Waals surface area contributed by atoms with E-state index in [1.165, 1.54) is 19.4 Å². The molecule has 0 saturated carbocycles. The summed E-state index contributed by atoms with van der Waals surface area (Å²) >= 11 is 0. The minimum Gasteiger partial charge on any atom is -0.368 e. The van der Waals surface area contributed by atoms with Gasteiger partial charge < -0.3 is 10.5 Å². The Morgan fingerprint density at radius 1 is 1.11 bits per heavy atom. The van der Waals surface area contributed by atoms with E-state index in [9.17, 15) is 0 Å². The average Bonchev–Trinajstić information content (AvgIpc) is 2.57. The van der Waals surface area contributed by atoms with Crippen molar-refractivity contribution >= 4 is 0 Å². The van der Waals surface area contributed by atoms with Gasteiger partial charge >= 0.3 is 0 Å².